The quantitative estimate of drug-likeness (QED) is 0.204. The van der Waals surface area contributed by atoms with Gasteiger partial charge in [0, 0.05) is 31.1 Å². The fourth-order valence-corrected chi connectivity index (χ4v) is 3.94. The number of amides is 1. The molecule has 0 spiro atoms. The predicted molar refractivity (Wildman–Crippen MR) is 138 cm³/mol. The first-order valence-corrected chi connectivity index (χ1v) is 12.2. The Kier molecular flexibility index (Phi) is 9.90. The number of ether oxygens (including phenoxy) is 1. The van der Waals surface area contributed by atoms with E-state index in [1.54, 1.807) is 4.90 Å². The van der Waals surface area contributed by atoms with E-state index in [1.165, 1.54) is 19.3 Å². The molecule has 0 heterocycles. The Morgan fingerprint density at radius 3 is 2.32 bits per heavy atom. The molecule has 4 nitrogen and oxygen atoms in total. The number of unbranched alkanes of at least 4 members (excludes halogenated alkanes) is 4. The van der Waals surface area contributed by atoms with Crippen LogP contribution < -0.4 is 4.74 Å². The van der Waals surface area contributed by atoms with Gasteiger partial charge in [0.2, 0.25) is 5.91 Å². The van der Waals surface area contributed by atoms with Gasteiger partial charge in [-0.05, 0) is 35.2 Å². The Balaban J connectivity index is 1.73. The third kappa shape index (κ3) is 7.58. The zero-order chi connectivity index (χ0) is 24.2. The van der Waals surface area contributed by atoms with Gasteiger partial charge in [0.05, 0.1) is 0 Å². The second-order valence-electron chi connectivity index (χ2n) is 8.76. The van der Waals surface area contributed by atoms with Crippen LogP contribution in [0.4, 0.5) is 0 Å². The number of hydrogen-bond acceptors (Lipinski definition) is 3. The van der Waals surface area contributed by atoms with Gasteiger partial charge in [0.15, 0.2) is 0 Å². The van der Waals surface area contributed by atoms with Crippen molar-refractivity contribution in [3.63, 3.8) is 0 Å². The average molecular weight is 458 g/mol. The Labute approximate surface area is 203 Å². The molecule has 3 aromatic carbocycles. The maximum Gasteiger partial charge on any atom is 0.222 e. The number of aldehydes is 1. The normalized spacial score (nSPS) is 10.6. The summed E-state index contributed by atoms with van der Waals surface area (Å²) < 4.78 is 6.18. The number of carbonyl (C=O) groups excluding carboxylic acids is 2. The topological polar surface area (TPSA) is 46.6 Å². The van der Waals surface area contributed by atoms with Gasteiger partial charge in [-0.2, -0.15) is 0 Å². The van der Waals surface area contributed by atoms with Gasteiger partial charge < -0.3 is 9.64 Å². The maximum atomic E-state index is 12.6. The van der Waals surface area contributed by atoms with E-state index < -0.39 is 0 Å². The molecule has 0 bridgehead atoms. The highest BCUT2D eigenvalue weighted by Crippen LogP contribution is 2.32. The zero-order valence-corrected chi connectivity index (χ0v) is 20.3. The van der Waals surface area contributed by atoms with Crippen LogP contribution in [0.1, 0.15) is 66.9 Å². The van der Waals surface area contributed by atoms with Crippen LogP contribution >= 0.6 is 0 Å². The van der Waals surface area contributed by atoms with E-state index in [2.05, 4.69) is 13.0 Å². The third-order valence-corrected chi connectivity index (χ3v) is 5.98. The minimum absolute atomic E-state index is 0.179. The molecule has 3 rings (SSSR count). The molecule has 0 fully saturated rings. The van der Waals surface area contributed by atoms with Crippen molar-refractivity contribution in [2.24, 2.45) is 0 Å². The van der Waals surface area contributed by atoms with E-state index in [4.69, 9.17) is 4.74 Å². The van der Waals surface area contributed by atoms with Gasteiger partial charge in [-0.15, -0.1) is 0 Å². The minimum Gasteiger partial charge on any atom is -0.488 e. The van der Waals surface area contributed by atoms with Crippen LogP contribution in [0.15, 0.2) is 72.8 Å². The summed E-state index contributed by atoms with van der Waals surface area (Å²) in [6, 6.07) is 23.6. The highest BCUT2D eigenvalue weighted by molar-refractivity contribution is 5.79. The Morgan fingerprint density at radius 2 is 1.62 bits per heavy atom. The lowest BCUT2D eigenvalue weighted by Crippen LogP contribution is -2.25. The average Bonchev–Trinajstić information content (AvgIpc) is 2.88. The zero-order valence-electron chi connectivity index (χ0n) is 20.3. The number of rotatable bonds is 13. The second kappa shape index (κ2) is 13.3. The van der Waals surface area contributed by atoms with Crippen molar-refractivity contribution < 1.29 is 14.3 Å². The van der Waals surface area contributed by atoms with Crippen LogP contribution in [0.2, 0.25) is 0 Å². The molecule has 1 amide bonds. The molecular weight excluding hydrogens is 422 g/mol. The number of benzene rings is 3. The third-order valence-electron chi connectivity index (χ3n) is 5.98. The molecule has 0 aliphatic rings. The van der Waals surface area contributed by atoms with E-state index in [-0.39, 0.29) is 5.91 Å². The predicted octanol–water partition coefficient (Wildman–Crippen LogP) is 7.06. The van der Waals surface area contributed by atoms with E-state index in [9.17, 15) is 9.59 Å². The fraction of sp³-hybridized carbons (Fsp3) is 0.333. The van der Waals surface area contributed by atoms with Gasteiger partial charge in [-0.3, -0.25) is 9.59 Å². The van der Waals surface area contributed by atoms with E-state index in [0.717, 1.165) is 47.1 Å². The summed E-state index contributed by atoms with van der Waals surface area (Å²) in [6.45, 7) is 3.21. The summed E-state index contributed by atoms with van der Waals surface area (Å²) in [4.78, 5) is 25.5. The molecule has 3 aromatic rings. The van der Waals surface area contributed by atoms with E-state index >= 15 is 0 Å². The van der Waals surface area contributed by atoms with Crippen molar-refractivity contribution in [2.45, 2.75) is 58.6 Å². The fourth-order valence-electron chi connectivity index (χ4n) is 3.94. The molecule has 0 atom stereocenters. The maximum absolute atomic E-state index is 12.6. The lowest BCUT2D eigenvalue weighted by atomic mass is 10.0. The Morgan fingerprint density at radius 1 is 0.882 bits per heavy atom. The van der Waals surface area contributed by atoms with Crippen LogP contribution in [-0.2, 0) is 17.9 Å². The molecule has 0 radical (unpaired) electrons. The van der Waals surface area contributed by atoms with Crippen LogP contribution in [0.25, 0.3) is 11.1 Å². The van der Waals surface area contributed by atoms with Crippen molar-refractivity contribution in [1.82, 2.24) is 4.90 Å². The van der Waals surface area contributed by atoms with Crippen LogP contribution in [0, 0.1) is 0 Å². The van der Waals surface area contributed by atoms with Crippen molar-refractivity contribution in [2.75, 3.05) is 7.05 Å². The van der Waals surface area contributed by atoms with Crippen LogP contribution in [0.5, 0.6) is 5.75 Å². The van der Waals surface area contributed by atoms with Gasteiger partial charge in [0.1, 0.15) is 18.6 Å². The van der Waals surface area contributed by atoms with E-state index in [1.807, 2.05) is 73.8 Å². The van der Waals surface area contributed by atoms with Crippen molar-refractivity contribution >= 4 is 12.2 Å². The Bertz CT molecular complexity index is 1040. The van der Waals surface area contributed by atoms with Crippen LogP contribution in [0.3, 0.4) is 0 Å². The highest BCUT2D eigenvalue weighted by atomic mass is 16.5. The van der Waals surface area contributed by atoms with Gasteiger partial charge in [-0.25, -0.2) is 0 Å². The van der Waals surface area contributed by atoms with E-state index in [0.29, 0.717) is 25.1 Å². The van der Waals surface area contributed by atoms with Crippen molar-refractivity contribution in [1.29, 1.82) is 0 Å². The summed E-state index contributed by atoms with van der Waals surface area (Å²) in [6.07, 6.45) is 7.14. The molecule has 0 aliphatic carbocycles. The van der Waals surface area contributed by atoms with Crippen molar-refractivity contribution in [3.05, 3.63) is 89.5 Å². The highest BCUT2D eigenvalue weighted by Gasteiger charge is 2.13. The molecule has 4 heteroatoms. The summed E-state index contributed by atoms with van der Waals surface area (Å²) in [5.41, 5.74) is 4.70. The van der Waals surface area contributed by atoms with Crippen LogP contribution in [-0.4, -0.2) is 24.1 Å². The second-order valence-corrected chi connectivity index (χ2v) is 8.76. The molecule has 0 aliphatic heterocycles. The number of nitrogens with zero attached hydrogens (tertiary/aromatic N) is 1. The number of hydrogen-bond donors (Lipinski definition) is 0. The number of carbonyl (C=O) groups is 2. The minimum atomic E-state index is 0.179. The first-order chi connectivity index (χ1) is 16.6. The molecule has 34 heavy (non-hydrogen) atoms. The lowest BCUT2D eigenvalue weighted by molar-refractivity contribution is -0.130. The largest absolute Gasteiger partial charge is 0.488 e. The molecule has 178 valence electrons. The standard InChI is InChI=1S/C30H35NO3/c1-3-4-5-6-10-13-30(33)31(2)21-26-16-19-29(34-23-25-11-8-7-9-12-25)28(20-26)27-17-14-24(22-32)15-18-27/h7-9,11-12,14-20,22H,3-6,10,13,21,23H2,1-2H3. The summed E-state index contributed by atoms with van der Waals surface area (Å²) in [5, 5.41) is 0. The molecule has 0 unspecified atom stereocenters. The first-order valence-electron chi connectivity index (χ1n) is 12.2. The van der Waals surface area contributed by atoms with Crippen molar-refractivity contribution in [3.8, 4) is 16.9 Å². The summed E-state index contributed by atoms with van der Waals surface area (Å²) >= 11 is 0. The molecule has 0 saturated heterocycles. The monoisotopic (exact) mass is 457 g/mol. The molecule has 0 N–H and O–H groups in total. The molecular formula is C30H35NO3. The van der Waals surface area contributed by atoms with Gasteiger partial charge >= 0.3 is 0 Å². The summed E-state index contributed by atoms with van der Waals surface area (Å²) in [5.74, 6) is 0.953. The summed E-state index contributed by atoms with van der Waals surface area (Å²) in [7, 11) is 1.87. The lowest BCUT2D eigenvalue weighted by Gasteiger charge is -2.19. The molecule has 0 aromatic heterocycles. The Hall–Kier alpha value is -3.40. The first kappa shape index (κ1) is 25.2. The smallest absolute Gasteiger partial charge is 0.222 e. The van der Waals surface area contributed by atoms with Gasteiger partial charge in [-0.1, -0.05) is 93.3 Å². The van der Waals surface area contributed by atoms with Gasteiger partial charge in [0.25, 0.3) is 0 Å². The SMILES string of the molecule is CCCCCCCC(=O)N(C)Cc1ccc(OCc2ccccc2)c(-c2ccc(C=O)cc2)c1. The molecule has 0 saturated carbocycles.